The Bertz CT molecular complexity index is 575. The van der Waals surface area contributed by atoms with E-state index in [0.29, 0.717) is 17.4 Å². The molecule has 1 N–H and O–H groups in total. The normalized spacial score (nSPS) is 16.5. The molecule has 0 unspecified atom stereocenters. The van der Waals surface area contributed by atoms with Gasteiger partial charge in [-0.3, -0.25) is 9.69 Å². The van der Waals surface area contributed by atoms with Gasteiger partial charge in [0.25, 0.3) is 5.91 Å². The number of hydrogen-bond acceptors (Lipinski definition) is 3. The summed E-state index contributed by atoms with van der Waals surface area (Å²) in [7, 11) is 3.97. The second-order valence-corrected chi connectivity index (χ2v) is 5.07. The van der Waals surface area contributed by atoms with Crippen LogP contribution in [0, 0.1) is 0 Å². The Hall–Kier alpha value is -2.14. The van der Waals surface area contributed by atoms with Crippen LogP contribution in [0.15, 0.2) is 42.6 Å². The molecule has 5 heteroatoms. The van der Waals surface area contributed by atoms with Crippen LogP contribution in [0.3, 0.4) is 0 Å². The fraction of sp³-hybridized carbons (Fsp3) is 0.200. The number of rotatable bonds is 4. The molecule has 104 valence electrons. The van der Waals surface area contributed by atoms with E-state index in [2.05, 4.69) is 11.9 Å². The Morgan fingerprint density at radius 2 is 2.00 bits per heavy atom. The van der Waals surface area contributed by atoms with E-state index in [4.69, 9.17) is 12.2 Å². The van der Waals surface area contributed by atoms with Gasteiger partial charge >= 0.3 is 0 Å². The first-order valence-corrected chi connectivity index (χ1v) is 6.66. The maximum absolute atomic E-state index is 12.1. The summed E-state index contributed by atoms with van der Waals surface area (Å²) < 4.78 is 0. The zero-order valence-electron chi connectivity index (χ0n) is 11.6. The average molecular weight is 287 g/mol. The molecule has 1 heterocycles. The quantitative estimate of drug-likeness (QED) is 0.522. The molecule has 0 atom stereocenters. The van der Waals surface area contributed by atoms with Crippen LogP contribution in [0.2, 0.25) is 0 Å². The summed E-state index contributed by atoms with van der Waals surface area (Å²) in [4.78, 5) is 15.7. The molecule has 1 aromatic rings. The molecular weight excluding hydrogens is 270 g/mol. The number of benzene rings is 1. The minimum Gasteiger partial charge on any atom is -0.378 e. The van der Waals surface area contributed by atoms with Crippen LogP contribution in [0.25, 0.3) is 6.08 Å². The van der Waals surface area contributed by atoms with Crippen molar-refractivity contribution in [1.82, 2.24) is 10.2 Å². The molecule has 0 aromatic heterocycles. The highest BCUT2D eigenvalue weighted by Gasteiger charge is 2.29. The van der Waals surface area contributed by atoms with Gasteiger partial charge in [0, 0.05) is 26.3 Å². The summed E-state index contributed by atoms with van der Waals surface area (Å²) in [5.41, 5.74) is 2.56. The van der Waals surface area contributed by atoms with Gasteiger partial charge in [-0.1, -0.05) is 18.2 Å². The molecule has 1 aliphatic heterocycles. The first kappa shape index (κ1) is 14.3. The van der Waals surface area contributed by atoms with Crippen LogP contribution in [0.4, 0.5) is 5.69 Å². The second kappa shape index (κ2) is 5.88. The van der Waals surface area contributed by atoms with Gasteiger partial charge in [0.15, 0.2) is 5.11 Å². The van der Waals surface area contributed by atoms with Crippen molar-refractivity contribution in [2.24, 2.45) is 0 Å². The number of nitrogens with one attached hydrogen (secondary N) is 1. The zero-order chi connectivity index (χ0) is 14.7. The molecule has 1 aromatic carbocycles. The predicted molar refractivity (Wildman–Crippen MR) is 86.4 cm³/mol. The number of hydrogen-bond donors (Lipinski definition) is 1. The topological polar surface area (TPSA) is 35.6 Å². The molecule has 1 aliphatic rings. The van der Waals surface area contributed by atoms with Crippen molar-refractivity contribution >= 4 is 35.0 Å². The maximum Gasteiger partial charge on any atom is 0.276 e. The lowest BCUT2D eigenvalue weighted by Gasteiger charge is -2.11. The fourth-order valence-electron chi connectivity index (χ4n) is 1.90. The molecule has 0 bridgehead atoms. The zero-order valence-corrected chi connectivity index (χ0v) is 12.4. The molecule has 1 saturated heterocycles. The van der Waals surface area contributed by atoms with Crippen LogP contribution >= 0.6 is 12.2 Å². The summed E-state index contributed by atoms with van der Waals surface area (Å²) in [5, 5.41) is 3.36. The second-order valence-electron chi connectivity index (χ2n) is 4.68. The van der Waals surface area contributed by atoms with Crippen molar-refractivity contribution in [2.75, 3.05) is 25.5 Å². The minimum atomic E-state index is -0.119. The first-order chi connectivity index (χ1) is 9.52. The Balaban J connectivity index is 2.21. The summed E-state index contributed by atoms with van der Waals surface area (Å²) in [6.07, 6.45) is 3.46. The van der Waals surface area contributed by atoms with Gasteiger partial charge in [-0.25, -0.2) is 0 Å². The van der Waals surface area contributed by atoms with Gasteiger partial charge in [-0.2, -0.15) is 0 Å². The molecule has 0 aliphatic carbocycles. The van der Waals surface area contributed by atoms with Crippen LogP contribution in [0.5, 0.6) is 0 Å². The van der Waals surface area contributed by atoms with E-state index >= 15 is 0 Å². The van der Waals surface area contributed by atoms with Crippen LogP contribution in [-0.4, -0.2) is 36.6 Å². The lowest BCUT2D eigenvalue weighted by Crippen LogP contribution is -2.30. The number of thiocarbonyl (C=S) groups is 1. The molecule has 1 fully saturated rings. The van der Waals surface area contributed by atoms with Crippen molar-refractivity contribution in [2.45, 2.75) is 0 Å². The highest BCUT2D eigenvalue weighted by Crippen LogP contribution is 2.17. The molecule has 2 rings (SSSR count). The Morgan fingerprint density at radius 1 is 1.35 bits per heavy atom. The fourth-order valence-corrected chi connectivity index (χ4v) is 2.17. The minimum absolute atomic E-state index is 0.119. The van der Waals surface area contributed by atoms with E-state index in [1.54, 1.807) is 12.2 Å². The maximum atomic E-state index is 12.1. The van der Waals surface area contributed by atoms with E-state index in [1.165, 1.54) is 4.90 Å². The predicted octanol–water partition coefficient (Wildman–Crippen LogP) is 2.00. The number of anilines is 1. The molecule has 0 radical (unpaired) electrons. The lowest BCUT2D eigenvalue weighted by atomic mass is 10.1. The molecular formula is C15H17N3OS. The van der Waals surface area contributed by atoms with E-state index in [9.17, 15) is 4.79 Å². The third-order valence-electron chi connectivity index (χ3n) is 2.99. The summed E-state index contributed by atoms with van der Waals surface area (Å²) in [6.45, 7) is 4.04. The van der Waals surface area contributed by atoms with Gasteiger partial charge in [-0.15, -0.1) is 6.58 Å². The third-order valence-corrected chi connectivity index (χ3v) is 3.32. The van der Waals surface area contributed by atoms with Crippen molar-refractivity contribution < 1.29 is 4.79 Å². The molecule has 0 spiro atoms. The molecule has 20 heavy (non-hydrogen) atoms. The van der Waals surface area contributed by atoms with Gasteiger partial charge in [-0.05, 0) is 36.0 Å². The summed E-state index contributed by atoms with van der Waals surface area (Å²) in [6, 6.07) is 7.95. The lowest BCUT2D eigenvalue weighted by molar-refractivity contribution is -0.122. The number of nitrogens with zero attached hydrogens (tertiary/aromatic N) is 2. The Labute approximate surface area is 124 Å². The Morgan fingerprint density at radius 3 is 2.55 bits per heavy atom. The smallest absolute Gasteiger partial charge is 0.276 e. The first-order valence-electron chi connectivity index (χ1n) is 6.25. The highest BCUT2D eigenvalue weighted by atomic mass is 32.1. The summed E-state index contributed by atoms with van der Waals surface area (Å²) in [5.74, 6) is -0.119. The number of carbonyl (C=O) groups excluding carboxylic acids is 1. The van der Waals surface area contributed by atoms with Gasteiger partial charge in [0.05, 0.1) is 0 Å². The average Bonchev–Trinajstić information content (AvgIpc) is 2.67. The van der Waals surface area contributed by atoms with E-state index < -0.39 is 0 Å². The summed E-state index contributed by atoms with van der Waals surface area (Å²) >= 11 is 5.13. The van der Waals surface area contributed by atoms with Crippen molar-refractivity contribution in [3.05, 3.63) is 48.2 Å². The van der Waals surface area contributed by atoms with E-state index in [-0.39, 0.29) is 5.91 Å². The van der Waals surface area contributed by atoms with Gasteiger partial charge < -0.3 is 10.2 Å². The largest absolute Gasteiger partial charge is 0.378 e. The molecule has 1 amide bonds. The van der Waals surface area contributed by atoms with Crippen molar-refractivity contribution in [3.63, 3.8) is 0 Å². The van der Waals surface area contributed by atoms with Crippen molar-refractivity contribution in [1.29, 1.82) is 0 Å². The number of carbonyl (C=O) groups is 1. The van der Waals surface area contributed by atoms with Gasteiger partial charge in [0.1, 0.15) is 5.70 Å². The van der Waals surface area contributed by atoms with E-state index in [0.717, 1.165) is 11.3 Å². The van der Waals surface area contributed by atoms with Crippen molar-refractivity contribution in [3.8, 4) is 0 Å². The SMILES string of the molecule is C=CCN1C(=O)/C(=C/c2ccc(N(C)C)cc2)NC1=S. The van der Waals surface area contributed by atoms with E-state index in [1.807, 2.05) is 43.3 Å². The number of amides is 1. The van der Waals surface area contributed by atoms with Crippen LogP contribution in [0.1, 0.15) is 5.56 Å². The molecule has 4 nitrogen and oxygen atoms in total. The Kier molecular flexibility index (Phi) is 4.20. The van der Waals surface area contributed by atoms with Gasteiger partial charge in [0.2, 0.25) is 0 Å². The van der Waals surface area contributed by atoms with Crippen LogP contribution in [-0.2, 0) is 4.79 Å². The highest BCUT2D eigenvalue weighted by molar-refractivity contribution is 7.80. The third kappa shape index (κ3) is 2.88. The monoisotopic (exact) mass is 287 g/mol. The molecule has 0 saturated carbocycles. The van der Waals surface area contributed by atoms with Crippen LogP contribution < -0.4 is 10.2 Å². The standard InChI is InChI=1S/C15H17N3OS/c1-4-9-18-14(19)13(16-15(18)20)10-11-5-7-12(8-6-11)17(2)3/h4-8,10H,1,9H2,2-3H3,(H,16,20)/b13-10-.